The van der Waals surface area contributed by atoms with Crippen molar-refractivity contribution in [3.05, 3.63) is 36.2 Å². The van der Waals surface area contributed by atoms with Crippen molar-refractivity contribution in [2.75, 3.05) is 0 Å². The summed E-state index contributed by atoms with van der Waals surface area (Å²) in [5.74, 6) is -1.04. The molecule has 0 spiro atoms. The number of H-pyrrole nitrogens is 1. The maximum Gasteiger partial charge on any atom is 0.293 e. The summed E-state index contributed by atoms with van der Waals surface area (Å²) in [4.78, 5) is 27.5. The average Bonchev–Trinajstić information content (AvgIpc) is 3.54. The van der Waals surface area contributed by atoms with Gasteiger partial charge >= 0.3 is 0 Å². The molecule has 4 aliphatic rings. The van der Waals surface area contributed by atoms with Crippen molar-refractivity contribution in [1.82, 2.24) is 4.98 Å². The molecule has 1 heterocycles. The summed E-state index contributed by atoms with van der Waals surface area (Å²) >= 11 is 0. The average molecular weight is 576 g/mol. The van der Waals surface area contributed by atoms with Gasteiger partial charge in [-0.05, 0) is 113 Å². The summed E-state index contributed by atoms with van der Waals surface area (Å²) in [6, 6.07) is 3.89. The standard InChI is InChI=1S/C28H44O8.C4H5N/c1-24(2,33)9-8-23(36-15-29)27(5,34)22-7-11-28(35)17-12-19(30)18-13-20(31)21(32)14-25(18,3)16(17)6-10-26(22,28)4;1-2-4-5-3-1/h12,15-16,18,20-23,31-35H,6-11,13-14H2,1-5H3;1-5H/t16-,18-,20+,21-,22-,23?,25+,26+,27+,28+;/m0./s1. The van der Waals surface area contributed by atoms with Crippen LogP contribution in [0.3, 0.4) is 0 Å². The number of carbonyl (C=O) groups excluding carboxylic acids is 2. The molecule has 230 valence electrons. The lowest BCUT2D eigenvalue weighted by atomic mass is 9.45. The summed E-state index contributed by atoms with van der Waals surface area (Å²) in [7, 11) is 0. The second kappa shape index (κ2) is 11.2. The van der Waals surface area contributed by atoms with Crippen LogP contribution in [0.5, 0.6) is 0 Å². The molecule has 0 aliphatic heterocycles. The maximum atomic E-state index is 13.3. The minimum absolute atomic E-state index is 0.110. The lowest BCUT2D eigenvalue weighted by molar-refractivity contribution is -0.187. The van der Waals surface area contributed by atoms with Gasteiger partial charge in [0.05, 0.1) is 23.4 Å². The summed E-state index contributed by atoms with van der Waals surface area (Å²) in [5, 5.41) is 55.1. The van der Waals surface area contributed by atoms with Crippen molar-refractivity contribution in [2.45, 2.75) is 121 Å². The van der Waals surface area contributed by atoms with Gasteiger partial charge in [0, 0.05) is 23.7 Å². The minimum Gasteiger partial charge on any atom is -0.462 e. The highest BCUT2D eigenvalue weighted by Gasteiger charge is 2.69. The summed E-state index contributed by atoms with van der Waals surface area (Å²) in [6.45, 7) is 9.27. The van der Waals surface area contributed by atoms with Gasteiger partial charge in [0.15, 0.2) is 5.78 Å². The van der Waals surface area contributed by atoms with Gasteiger partial charge in [-0.2, -0.15) is 0 Å². The number of ether oxygens (including phenoxy) is 1. The second-order valence-corrected chi connectivity index (χ2v) is 14.3. The third kappa shape index (κ3) is 5.56. The topological polar surface area (TPSA) is 160 Å². The molecule has 1 aromatic heterocycles. The molecule has 3 saturated carbocycles. The van der Waals surface area contributed by atoms with Crippen LogP contribution in [0, 0.1) is 28.6 Å². The van der Waals surface area contributed by atoms with E-state index in [2.05, 4.69) is 4.98 Å². The molecule has 6 N–H and O–H groups in total. The van der Waals surface area contributed by atoms with Crippen molar-refractivity contribution in [2.24, 2.45) is 28.6 Å². The zero-order valence-electron chi connectivity index (χ0n) is 25.0. The van der Waals surface area contributed by atoms with Gasteiger partial charge in [0.2, 0.25) is 0 Å². The van der Waals surface area contributed by atoms with E-state index in [1.165, 1.54) is 0 Å². The number of carbonyl (C=O) groups is 2. The van der Waals surface area contributed by atoms with E-state index in [0.29, 0.717) is 50.6 Å². The number of nitrogens with one attached hydrogen (secondary N) is 1. The molecule has 3 fully saturated rings. The SMILES string of the molecule is CC(C)(O)CCC(OC=O)[C@](C)(O)[C@H]1CC[C@@]2(O)C3=CC(=O)[C@@H]4C[C@@H](O)[C@@H](O)C[C@]4(C)[C@H]3CC[C@]12C.c1cc[nH]c1. The van der Waals surface area contributed by atoms with E-state index in [1.54, 1.807) is 26.8 Å². The Balaban J connectivity index is 0.000000699. The lowest BCUT2D eigenvalue weighted by Crippen LogP contribution is -2.63. The van der Waals surface area contributed by atoms with Crippen LogP contribution in [-0.2, 0) is 14.3 Å². The van der Waals surface area contributed by atoms with Crippen molar-refractivity contribution in [1.29, 1.82) is 0 Å². The van der Waals surface area contributed by atoms with Crippen LogP contribution in [0.4, 0.5) is 0 Å². The Kier molecular flexibility index (Phi) is 8.73. The fourth-order valence-corrected chi connectivity index (χ4v) is 8.86. The molecular weight excluding hydrogens is 526 g/mol. The van der Waals surface area contributed by atoms with E-state index in [9.17, 15) is 35.1 Å². The Morgan fingerprint density at radius 3 is 2.29 bits per heavy atom. The molecular formula is C32H49NO8. The minimum atomic E-state index is -1.46. The number of hydrogen-bond donors (Lipinski definition) is 6. The highest BCUT2D eigenvalue weighted by Crippen LogP contribution is 2.68. The van der Waals surface area contributed by atoms with Gasteiger partial charge in [-0.25, -0.2) is 0 Å². The number of rotatable bonds is 7. The van der Waals surface area contributed by atoms with Crippen molar-refractivity contribution < 1.29 is 39.9 Å². The molecule has 0 amide bonds. The first kappa shape index (κ1) is 31.9. The largest absolute Gasteiger partial charge is 0.462 e. The molecule has 5 rings (SSSR count). The maximum absolute atomic E-state index is 13.3. The lowest BCUT2D eigenvalue weighted by Gasteiger charge is -2.60. The van der Waals surface area contributed by atoms with Crippen LogP contribution in [0.1, 0.15) is 86.0 Å². The van der Waals surface area contributed by atoms with E-state index in [1.807, 2.05) is 38.4 Å². The molecule has 1 aromatic rings. The van der Waals surface area contributed by atoms with E-state index in [0.717, 1.165) is 0 Å². The number of aliphatic hydroxyl groups is 5. The highest BCUT2D eigenvalue weighted by atomic mass is 16.5. The van der Waals surface area contributed by atoms with Gasteiger partial charge in [0.1, 0.15) is 11.7 Å². The molecule has 41 heavy (non-hydrogen) atoms. The van der Waals surface area contributed by atoms with Gasteiger partial charge in [-0.1, -0.05) is 13.8 Å². The zero-order chi connectivity index (χ0) is 30.4. The van der Waals surface area contributed by atoms with Crippen LogP contribution < -0.4 is 0 Å². The second-order valence-electron chi connectivity index (χ2n) is 14.3. The number of aromatic nitrogens is 1. The molecule has 0 aromatic carbocycles. The number of aliphatic hydroxyl groups excluding tert-OH is 2. The number of aromatic amines is 1. The van der Waals surface area contributed by atoms with E-state index >= 15 is 0 Å². The van der Waals surface area contributed by atoms with Crippen LogP contribution in [0.15, 0.2) is 36.2 Å². The van der Waals surface area contributed by atoms with Gasteiger partial charge in [-0.15, -0.1) is 0 Å². The van der Waals surface area contributed by atoms with E-state index in [-0.39, 0.29) is 24.5 Å². The van der Waals surface area contributed by atoms with Crippen LogP contribution in [0.2, 0.25) is 0 Å². The molecule has 0 radical (unpaired) electrons. The first-order valence-electron chi connectivity index (χ1n) is 15.0. The molecule has 10 atom stereocenters. The fourth-order valence-electron chi connectivity index (χ4n) is 8.86. The first-order valence-corrected chi connectivity index (χ1v) is 15.0. The smallest absolute Gasteiger partial charge is 0.293 e. The zero-order valence-corrected chi connectivity index (χ0v) is 25.0. The van der Waals surface area contributed by atoms with Crippen LogP contribution in [0.25, 0.3) is 0 Å². The normalized spacial score (nSPS) is 40.5. The highest BCUT2D eigenvalue weighted by molar-refractivity contribution is 5.95. The molecule has 9 heteroatoms. The quantitative estimate of drug-likeness (QED) is 0.271. The third-order valence-corrected chi connectivity index (χ3v) is 11.2. The Morgan fingerprint density at radius 2 is 1.73 bits per heavy atom. The number of allylic oxidation sites excluding steroid dienone is 1. The van der Waals surface area contributed by atoms with Gasteiger partial charge < -0.3 is 35.3 Å². The molecule has 0 bridgehead atoms. The number of fused-ring (bicyclic) bond motifs is 5. The van der Waals surface area contributed by atoms with Crippen molar-refractivity contribution in [3.8, 4) is 0 Å². The monoisotopic (exact) mass is 575 g/mol. The van der Waals surface area contributed by atoms with E-state index < -0.39 is 57.8 Å². The fraction of sp³-hybridized carbons (Fsp3) is 0.750. The Labute approximate surface area is 243 Å². The van der Waals surface area contributed by atoms with E-state index in [4.69, 9.17) is 4.74 Å². The third-order valence-electron chi connectivity index (χ3n) is 11.2. The Hall–Kier alpha value is -2.04. The van der Waals surface area contributed by atoms with Crippen LogP contribution in [-0.4, -0.2) is 77.9 Å². The molecule has 0 saturated heterocycles. The predicted octanol–water partition coefficient (Wildman–Crippen LogP) is 3.05. The Bertz CT molecular complexity index is 1090. The summed E-state index contributed by atoms with van der Waals surface area (Å²) in [6.07, 6.45) is 5.89. The molecule has 4 aliphatic carbocycles. The molecule has 9 nitrogen and oxygen atoms in total. The van der Waals surface area contributed by atoms with Crippen LogP contribution >= 0.6 is 0 Å². The van der Waals surface area contributed by atoms with Crippen molar-refractivity contribution >= 4 is 12.3 Å². The summed E-state index contributed by atoms with van der Waals surface area (Å²) in [5.41, 5.74) is -4.42. The van der Waals surface area contributed by atoms with Crippen molar-refractivity contribution in [3.63, 3.8) is 0 Å². The predicted molar refractivity (Wildman–Crippen MR) is 152 cm³/mol. The first-order chi connectivity index (χ1) is 19.0. The van der Waals surface area contributed by atoms with Gasteiger partial charge in [-0.3, -0.25) is 9.59 Å². The number of ketones is 1. The summed E-state index contributed by atoms with van der Waals surface area (Å²) < 4.78 is 5.36. The Morgan fingerprint density at radius 1 is 1.07 bits per heavy atom. The molecule has 1 unspecified atom stereocenters. The number of hydrogen-bond acceptors (Lipinski definition) is 8. The van der Waals surface area contributed by atoms with Gasteiger partial charge in [0.25, 0.3) is 6.47 Å².